The number of amides is 1. The number of hydrogen-bond acceptors (Lipinski definition) is 3. The highest BCUT2D eigenvalue weighted by Gasteiger charge is 2.38. The van der Waals surface area contributed by atoms with Crippen LogP contribution in [-0.4, -0.2) is 26.6 Å². The zero-order chi connectivity index (χ0) is 17.7. The summed E-state index contributed by atoms with van der Waals surface area (Å²) in [4.78, 5) is 12.0. The predicted octanol–water partition coefficient (Wildman–Crippen LogP) is 4.71. The fourth-order valence-corrected chi connectivity index (χ4v) is 2.80. The second kappa shape index (κ2) is 7.49. The molecule has 0 heterocycles. The van der Waals surface area contributed by atoms with Gasteiger partial charge >= 0.3 is 6.09 Å². The minimum atomic E-state index is -1.83. The van der Waals surface area contributed by atoms with Gasteiger partial charge in [-0.1, -0.05) is 51.1 Å². The van der Waals surface area contributed by atoms with Crippen LogP contribution >= 0.6 is 0 Å². The van der Waals surface area contributed by atoms with E-state index in [0.29, 0.717) is 6.61 Å². The van der Waals surface area contributed by atoms with Gasteiger partial charge in [0.2, 0.25) is 0 Å². The molecule has 0 bridgehead atoms. The van der Waals surface area contributed by atoms with Crippen molar-refractivity contribution in [3.63, 3.8) is 0 Å². The van der Waals surface area contributed by atoms with Gasteiger partial charge in [-0.05, 0) is 37.5 Å². The minimum Gasteiger partial charge on any atom is -0.445 e. The van der Waals surface area contributed by atoms with Crippen LogP contribution in [0.4, 0.5) is 4.79 Å². The van der Waals surface area contributed by atoms with E-state index in [1.807, 2.05) is 44.2 Å². The lowest BCUT2D eigenvalue weighted by atomic mass is 10.1. The normalized spacial score (nSPS) is 12.8. The smallest absolute Gasteiger partial charge is 0.407 e. The molecule has 1 N–H and O–H groups in total. The van der Waals surface area contributed by atoms with E-state index < -0.39 is 19.9 Å². The number of ether oxygens (including phenoxy) is 1. The molecule has 130 valence electrons. The molecule has 0 fully saturated rings. The van der Waals surface area contributed by atoms with E-state index in [1.165, 1.54) is 0 Å². The summed E-state index contributed by atoms with van der Waals surface area (Å²) in [6, 6.07) is 9.64. The van der Waals surface area contributed by atoms with E-state index in [2.05, 4.69) is 39.2 Å². The van der Waals surface area contributed by atoms with E-state index in [1.54, 1.807) is 0 Å². The lowest BCUT2D eigenvalue weighted by Crippen LogP contribution is -2.51. The summed E-state index contributed by atoms with van der Waals surface area (Å²) in [5.74, 6) is 0. The van der Waals surface area contributed by atoms with E-state index in [0.717, 1.165) is 5.56 Å². The topological polar surface area (TPSA) is 47.6 Å². The van der Waals surface area contributed by atoms with E-state index in [9.17, 15) is 4.79 Å². The molecule has 1 rings (SSSR count). The van der Waals surface area contributed by atoms with Gasteiger partial charge in [0.15, 0.2) is 8.32 Å². The molecule has 0 aliphatic heterocycles. The molecule has 1 aromatic carbocycles. The molecule has 0 aliphatic carbocycles. The number of nitrogens with one attached hydrogen (secondary N) is 1. The molecular formula is C18H31NO3Si. The van der Waals surface area contributed by atoms with Crippen molar-refractivity contribution in [3.8, 4) is 0 Å². The van der Waals surface area contributed by atoms with Crippen molar-refractivity contribution in [2.24, 2.45) is 0 Å². The predicted molar refractivity (Wildman–Crippen MR) is 97.0 cm³/mol. The Kier molecular flexibility index (Phi) is 6.42. The Morgan fingerprint density at radius 1 is 1.09 bits per heavy atom. The van der Waals surface area contributed by atoms with E-state index in [-0.39, 0.29) is 11.6 Å². The van der Waals surface area contributed by atoms with Crippen molar-refractivity contribution < 1.29 is 14.0 Å². The van der Waals surface area contributed by atoms with Crippen LogP contribution in [0.15, 0.2) is 30.3 Å². The molecular weight excluding hydrogens is 306 g/mol. The summed E-state index contributed by atoms with van der Waals surface area (Å²) in [5.41, 5.74) is 0.501. The highest BCUT2D eigenvalue weighted by atomic mass is 28.4. The second-order valence-electron chi connectivity index (χ2n) is 8.12. The van der Waals surface area contributed by atoms with Crippen molar-refractivity contribution >= 4 is 14.4 Å². The standard InChI is InChI=1S/C18H31NO3Si/c1-17(2,3)23(6,7)22-14-18(4,5)19-16(20)21-13-15-11-9-8-10-12-15/h8-12H,13-14H2,1-7H3,(H,19,20). The molecule has 0 aromatic heterocycles. The fourth-order valence-electron chi connectivity index (χ4n) is 1.65. The van der Waals surface area contributed by atoms with Gasteiger partial charge in [-0.3, -0.25) is 0 Å². The number of carbonyl (C=O) groups excluding carboxylic acids is 1. The maximum Gasteiger partial charge on any atom is 0.407 e. The van der Waals surface area contributed by atoms with E-state index >= 15 is 0 Å². The molecule has 4 nitrogen and oxygen atoms in total. The maximum atomic E-state index is 12.0. The van der Waals surface area contributed by atoms with Crippen molar-refractivity contribution in [1.29, 1.82) is 0 Å². The van der Waals surface area contributed by atoms with Crippen molar-refractivity contribution in [2.75, 3.05) is 6.61 Å². The number of rotatable bonds is 6. The summed E-state index contributed by atoms with van der Waals surface area (Å²) in [6.07, 6.45) is -0.419. The largest absolute Gasteiger partial charge is 0.445 e. The SMILES string of the molecule is CC(C)(CO[Si](C)(C)C(C)(C)C)NC(=O)OCc1ccccc1. The lowest BCUT2D eigenvalue weighted by molar-refractivity contribution is 0.117. The summed E-state index contributed by atoms with van der Waals surface area (Å²) in [5, 5.41) is 3.04. The average molecular weight is 338 g/mol. The van der Waals surface area contributed by atoms with Crippen molar-refractivity contribution in [1.82, 2.24) is 5.32 Å². The first kappa shape index (κ1) is 19.7. The summed E-state index contributed by atoms with van der Waals surface area (Å²) in [7, 11) is -1.83. The molecule has 0 unspecified atom stereocenters. The molecule has 0 spiro atoms. The van der Waals surface area contributed by atoms with Gasteiger partial charge in [-0.15, -0.1) is 0 Å². The van der Waals surface area contributed by atoms with Gasteiger partial charge in [-0.2, -0.15) is 0 Å². The van der Waals surface area contributed by atoms with Gasteiger partial charge in [0.1, 0.15) is 6.61 Å². The van der Waals surface area contributed by atoms with Gasteiger partial charge in [0.25, 0.3) is 0 Å². The number of alkyl carbamates (subject to hydrolysis) is 1. The molecule has 1 amide bonds. The molecule has 0 saturated heterocycles. The third-order valence-corrected chi connectivity index (χ3v) is 8.73. The quantitative estimate of drug-likeness (QED) is 0.765. The molecule has 1 aromatic rings. The van der Waals surface area contributed by atoms with Gasteiger partial charge in [-0.25, -0.2) is 4.79 Å². The molecule has 23 heavy (non-hydrogen) atoms. The van der Waals surface area contributed by atoms with Crippen LogP contribution in [-0.2, 0) is 15.8 Å². The number of carbonyl (C=O) groups is 1. The van der Waals surface area contributed by atoms with Crippen LogP contribution in [0.5, 0.6) is 0 Å². The highest BCUT2D eigenvalue weighted by molar-refractivity contribution is 6.74. The Balaban J connectivity index is 2.46. The fraction of sp³-hybridized carbons (Fsp3) is 0.611. The van der Waals surface area contributed by atoms with Gasteiger partial charge in [0, 0.05) is 0 Å². The minimum absolute atomic E-state index is 0.150. The van der Waals surface area contributed by atoms with Crippen LogP contribution in [0.1, 0.15) is 40.2 Å². The van der Waals surface area contributed by atoms with Crippen molar-refractivity contribution in [3.05, 3.63) is 35.9 Å². The Hall–Kier alpha value is -1.33. The summed E-state index contributed by atoms with van der Waals surface area (Å²) >= 11 is 0. The zero-order valence-corrected chi connectivity index (χ0v) is 16.5. The molecule has 5 heteroatoms. The first-order valence-electron chi connectivity index (χ1n) is 8.06. The third-order valence-electron chi connectivity index (χ3n) is 4.25. The second-order valence-corrected chi connectivity index (χ2v) is 12.9. The highest BCUT2D eigenvalue weighted by Crippen LogP contribution is 2.36. The summed E-state index contributed by atoms with van der Waals surface area (Å²) in [6.45, 7) is 15.7. The summed E-state index contributed by atoms with van der Waals surface area (Å²) < 4.78 is 11.5. The Morgan fingerprint density at radius 2 is 1.65 bits per heavy atom. The van der Waals surface area contributed by atoms with Crippen molar-refractivity contribution in [2.45, 2.75) is 64.9 Å². The average Bonchev–Trinajstić information content (AvgIpc) is 2.43. The van der Waals surface area contributed by atoms with E-state index in [4.69, 9.17) is 9.16 Å². The monoisotopic (exact) mass is 337 g/mol. The lowest BCUT2D eigenvalue weighted by Gasteiger charge is -2.39. The molecule has 0 radical (unpaired) electrons. The zero-order valence-electron chi connectivity index (χ0n) is 15.5. The van der Waals surface area contributed by atoms with Crippen LogP contribution in [0, 0.1) is 0 Å². The Morgan fingerprint density at radius 3 is 2.17 bits per heavy atom. The van der Waals surface area contributed by atoms with Crippen LogP contribution in [0.2, 0.25) is 18.1 Å². The number of benzene rings is 1. The van der Waals surface area contributed by atoms with Gasteiger partial charge < -0.3 is 14.5 Å². The molecule has 0 aliphatic rings. The first-order chi connectivity index (χ1) is 10.4. The molecule has 0 saturated carbocycles. The number of hydrogen-bond donors (Lipinski definition) is 1. The first-order valence-corrected chi connectivity index (χ1v) is 11.0. The Labute approximate surface area is 141 Å². The maximum absolute atomic E-state index is 12.0. The molecule has 0 atom stereocenters. The van der Waals surface area contributed by atoms with Crippen LogP contribution in [0.25, 0.3) is 0 Å². The van der Waals surface area contributed by atoms with Gasteiger partial charge in [0.05, 0.1) is 12.1 Å². The Bertz CT molecular complexity index is 507. The third kappa shape index (κ3) is 6.75. The van der Waals surface area contributed by atoms with Crippen LogP contribution < -0.4 is 5.32 Å². The van der Waals surface area contributed by atoms with Crippen LogP contribution in [0.3, 0.4) is 0 Å².